The van der Waals surface area contributed by atoms with Gasteiger partial charge < -0.3 is 11.1 Å². The molecule has 2 rings (SSSR count). The van der Waals surface area contributed by atoms with Crippen LogP contribution in [0.25, 0.3) is 0 Å². The molecule has 0 fully saturated rings. The van der Waals surface area contributed by atoms with Crippen LogP contribution >= 0.6 is 12.2 Å². The Morgan fingerprint density at radius 2 is 1.62 bits per heavy atom. The number of thiocarbonyl (C=S) groups is 1. The normalized spacial score (nSPS) is 10.1. The lowest BCUT2D eigenvalue weighted by molar-refractivity contribution is -0.120. The van der Waals surface area contributed by atoms with Gasteiger partial charge >= 0.3 is 0 Å². The summed E-state index contributed by atoms with van der Waals surface area (Å²) in [4.78, 5) is 12.3. The zero-order valence-corrected chi connectivity index (χ0v) is 12.7. The number of carbonyl (C=O) groups excluding carboxylic acids is 1. The molecule has 0 aliphatic rings. The Bertz CT molecular complexity index is 633. The number of benzene rings is 2. The van der Waals surface area contributed by atoms with E-state index in [1.54, 1.807) is 0 Å². The molecule has 108 valence electrons. The van der Waals surface area contributed by atoms with E-state index in [4.69, 9.17) is 18.0 Å². The lowest BCUT2D eigenvalue weighted by Crippen LogP contribution is -2.24. The molecule has 0 saturated heterocycles. The van der Waals surface area contributed by atoms with Crippen molar-refractivity contribution in [3.05, 3.63) is 70.8 Å². The van der Waals surface area contributed by atoms with Crippen molar-refractivity contribution in [2.24, 2.45) is 5.73 Å². The largest absolute Gasteiger partial charge is 0.389 e. The van der Waals surface area contributed by atoms with Crippen LogP contribution in [0.15, 0.2) is 48.5 Å². The number of nitrogens with one attached hydrogen (secondary N) is 1. The van der Waals surface area contributed by atoms with Gasteiger partial charge in [0, 0.05) is 12.1 Å². The minimum Gasteiger partial charge on any atom is -0.389 e. The fourth-order valence-electron chi connectivity index (χ4n) is 1.94. The zero-order chi connectivity index (χ0) is 15.2. The van der Waals surface area contributed by atoms with Gasteiger partial charge in [-0.15, -0.1) is 0 Å². The van der Waals surface area contributed by atoms with Gasteiger partial charge in [-0.2, -0.15) is 0 Å². The van der Waals surface area contributed by atoms with E-state index in [-0.39, 0.29) is 5.91 Å². The molecule has 0 atom stereocenters. The molecule has 0 bridgehead atoms. The molecule has 3 nitrogen and oxygen atoms in total. The maximum Gasteiger partial charge on any atom is 0.224 e. The third kappa shape index (κ3) is 4.68. The molecule has 4 heteroatoms. The van der Waals surface area contributed by atoms with Gasteiger partial charge in [-0.25, -0.2) is 0 Å². The Labute approximate surface area is 130 Å². The number of nitrogens with two attached hydrogens (primary N) is 1. The summed E-state index contributed by atoms with van der Waals surface area (Å²) in [6.45, 7) is 2.53. The van der Waals surface area contributed by atoms with Gasteiger partial charge in [-0.1, -0.05) is 66.3 Å². The van der Waals surface area contributed by atoms with Crippen LogP contribution in [0.5, 0.6) is 0 Å². The molecule has 2 aromatic carbocycles. The second-order valence-corrected chi connectivity index (χ2v) is 5.44. The van der Waals surface area contributed by atoms with Gasteiger partial charge in [0.2, 0.25) is 5.91 Å². The molecule has 0 heterocycles. The number of hydrogen-bond donors (Lipinski definition) is 2. The summed E-state index contributed by atoms with van der Waals surface area (Å²) in [5.74, 6) is 0.0114. The third-order valence-electron chi connectivity index (χ3n) is 3.21. The summed E-state index contributed by atoms with van der Waals surface area (Å²) < 4.78 is 0. The van der Waals surface area contributed by atoms with Crippen molar-refractivity contribution in [2.75, 3.05) is 0 Å². The summed E-state index contributed by atoms with van der Waals surface area (Å²) in [5, 5.41) is 2.91. The van der Waals surface area contributed by atoms with Crippen LogP contribution in [0.2, 0.25) is 0 Å². The predicted molar refractivity (Wildman–Crippen MR) is 89.1 cm³/mol. The number of rotatable bonds is 5. The third-order valence-corrected chi connectivity index (χ3v) is 3.45. The first-order valence-electron chi connectivity index (χ1n) is 6.75. The molecule has 0 aromatic heterocycles. The molecular formula is C17H18N2OS. The Morgan fingerprint density at radius 3 is 2.19 bits per heavy atom. The average Bonchev–Trinajstić information content (AvgIpc) is 2.48. The Balaban J connectivity index is 1.86. The Morgan fingerprint density at radius 1 is 1.05 bits per heavy atom. The second-order valence-electron chi connectivity index (χ2n) is 5.00. The molecule has 0 spiro atoms. The lowest BCUT2D eigenvalue weighted by Gasteiger charge is -2.07. The monoisotopic (exact) mass is 298 g/mol. The van der Waals surface area contributed by atoms with Crippen molar-refractivity contribution in [1.82, 2.24) is 5.32 Å². The highest BCUT2D eigenvalue weighted by Gasteiger charge is 2.03. The van der Waals surface area contributed by atoms with Crippen molar-refractivity contribution in [3.63, 3.8) is 0 Å². The molecule has 2 aromatic rings. The number of carbonyl (C=O) groups is 1. The summed E-state index contributed by atoms with van der Waals surface area (Å²) >= 11 is 4.90. The average molecular weight is 298 g/mol. The SMILES string of the molecule is Cc1ccc(CC(=O)NCc2ccc(C(N)=S)cc2)cc1. The van der Waals surface area contributed by atoms with Crippen LogP contribution in [0.1, 0.15) is 22.3 Å². The number of aryl methyl sites for hydroxylation is 1. The molecule has 1 amide bonds. The van der Waals surface area contributed by atoms with Gasteiger partial charge in [0.05, 0.1) is 6.42 Å². The molecule has 0 aliphatic heterocycles. The van der Waals surface area contributed by atoms with Crippen molar-refractivity contribution in [3.8, 4) is 0 Å². The fourth-order valence-corrected chi connectivity index (χ4v) is 2.08. The molecule has 21 heavy (non-hydrogen) atoms. The second kappa shape index (κ2) is 6.99. The van der Waals surface area contributed by atoms with Crippen LogP contribution in [-0.2, 0) is 17.8 Å². The van der Waals surface area contributed by atoms with Crippen LogP contribution in [0, 0.1) is 6.92 Å². The summed E-state index contributed by atoms with van der Waals surface area (Å²) in [6, 6.07) is 15.5. The van der Waals surface area contributed by atoms with Gasteiger partial charge in [0.1, 0.15) is 4.99 Å². The molecule has 0 saturated carbocycles. The van der Waals surface area contributed by atoms with Crippen molar-refractivity contribution < 1.29 is 4.79 Å². The zero-order valence-electron chi connectivity index (χ0n) is 11.9. The van der Waals surface area contributed by atoms with E-state index in [0.29, 0.717) is 18.0 Å². The maximum atomic E-state index is 11.9. The summed E-state index contributed by atoms with van der Waals surface area (Å²) in [6.07, 6.45) is 0.394. The highest BCUT2D eigenvalue weighted by atomic mass is 32.1. The highest BCUT2D eigenvalue weighted by Crippen LogP contribution is 2.06. The summed E-state index contributed by atoms with van der Waals surface area (Å²) in [5.41, 5.74) is 9.61. The van der Waals surface area contributed by atoms with E-state index >= 15 is 0 Å². The molecular weight excluding hydrogens is 280 g/mol. The number of amides is 1. The van der Waals surface area contributed by atoms with E-state index in [1.807, 2.05) is 55.5 Å². The van der Waals surface area contributed by atoms with Crippen LogP contribution in [0.3, 0.4) is 0 Å². The minimum atomic E-state index is 0.0114. The first-order chi connectivity index (χ1) is 10.0. The van der Waals surface area contributed by atoms with E-state index in [2.05, 4.69) is 5.32 Å². The quantitative estimate of drug-likeness (QED) is 0.834. The molecule has 0 unspecified atom stereocenters. The topological polar surface area (TPSA) is 55.1 Å². The summed E-state index contributed by atoms with van der Waals surface area (Å²) in [7, 11) is 0. The van der Waals surface area contributed by atoms with Crippen molar-refractivity contribution in [2.45, 2.75) is 19.9 Å². The number of hydrogen-bond acceptors (Lipinski definition) is 2. The smallest absolute Gasteiger partial charge is 0.224 e. The van der Waals surface area contributed by atoms with E-state index in [1.165, 1.54) is 5.56 Å². The minimum absolute atomic E-state index is 0.0114. The maximum absolute atomic E-state index is 11.9. The van der Waals surface area contributed by atoms with Crippen molar-refractivity contribution in [1.29, 1.82) is 0 Å². The lowest BCUT2D eigenvalue weighted by atomic mass is 10.1. The van der Waals surface area contributed by atoms with E-state index in [0.717, 1.165) is 16.7 Å². The van der Waals surface area contributed by atoms with Crippen LogP contribution in [-0.4, -0.2) is 10.9 Å². The van der Waals surface area contributed by atoms with Gasteiger partial charge in [-0.3, -0.25) is 4.79 Å². The Kier molecular flexibility index (Phi) is 5.06. The van der Waals surface area contributed by atoms with E-state index < -0.39 is 0 Å². The van der Waals surface area contributed by atoms with Crippen LogP contribution in [0.4, 0.5) is 0 Å². The van der Waals surface area contributed by atoms with Gasteiger partial charge in [-0.05, 0) is 18.1 Å². The molecule has 0 radical (unpaired) electrons. The first kappa shape index (κ1) is 15.2. The van der Waals surface area contributed by atoms with Crippen LogP contribution < -0.4 is 11.1 Å². The molecule has 3 N–H and O–H groups in total. The van der Waals surface area contributed by atoms with Gasteiger partial charge in [0.15, 0.2) is 0 Å². The van der Waals surface area contributed by atoms with Crippen molar-refractivity contribution >= 4 is 23.1 Å². The molecule has 0 aliphatic carbocycles. The highest BCUT2D eigenvalue weighted by molar-refractivity contribution is 7.80. The van der Waals surface area contributed by atoms with Gasteiger partial charge in [0.25, 0.3) is 0 Å². The fraction of sp³-hybridized carbons (Fsp3) is 0.176. The predicted octanol–water partition coefficient (Wildman–Crippen LogP) is 2.49. The van der Waals surface area contributed by atoms with E-state index in [9.17, 15) is 4.79 Å². The standard InChI is InChI=1S/C17H18N2OS/c1-12-2-4-13(5-3-12)10-16(20)19-11-14-6-8-15(9-7-14)17(18)21/h2-9H,10-11H2,1H3,(H2,18,21)(H,19,20). The first-order valence-corrected chi connectivity index (χ1v) is 7.16. The Hall–Kier alpha value is -2.20.